The highest BCUT2D eigenvalue weighted by Gasteiger charge is 2.06. The minimum Gasteiger partial charge on any atom is -0.481 e. The smallest absolute Gasteiger partial charge is 0.303 e. The summed E-state index contributed by atoms with van der Waals surface area (Å²) in [5.74, 6) is -0.921. The Balaban J connectivity index is 2.39. The normalized spacial score (nSPS) is 11.5. The monoisotopic (exact) mass is 234 g/mol. The number of nitrogens with one attached hydrogen (secondary N) is 1. The Kier molecular flexibility index (Phi) is 4.98. The van der Waals surface area contributed by atoms with Crippen LogP contribution in [0.3, 0.4) is 0 Å². The van der Waals surface area contributed by atoms with Crippen LogP contribution in [-0.2, 0) is 4.79 Å². The van der Waals surface area contributed by atoms with Crippen molar-refractivity contribution in [2.24, 2.45) is 0 Å². The molecule has 0 spiro atoms. The third kappa shape index (κ3) is 5.00. The molecule has 1 rings (SSSR count). The van der Waals surface area contributed by atoms with Gasteiger partial charge in [-0.05, 0) is 24.6 Å². The van der Waals surface area contributed by atoms with Crippen LogP contribution in [0.25, 0.3) is 0 Å². The standard InChI is InChI=1S/C12H14N2O3/c13-7-9-2-1-3-10(6-9)14-8-11(15)4-5-12(16)17/h1-3,6,11,14-15H,4-5,8H2,(H,16,17). The van der Waals surface area contributed by atoms with Crippen LogP contribution < -0.4 is 5.32 Å². The van der Waals surface area contributed by atoms with Gasteiger partial charge >= 0.3 is 5.97 Å². The van der Waals surface area contributed by atoms with E-state index in [0.29, 0.717) is 5.56 Å². The second-order valence-corrected chi connectivity index (χ2v) is 3.66. The van der Waals surface area contributed by atoms with Gasteiger partial charge in [-0.25, -0.2) is 0 Å². The van der Waals surface area contributed by atoms with Gasteiger partial charge < -0.3 is 15.5 Å². The van der Waals surface area contributed by atoms with Crippen LogP contribution in [0, 0.1) is 11.3 Å². The minimum atomic E-state index is -0.921. The van der Waals surface area contributed by atoms with E-state index in [9.17, 15) is 9.90 Å². The average Bonchev–Trinajstić information content (AvgIpc) is 2.34. The zero-order valence-electron chi connectivity index (χ0n) is 9.26. The molecule has 0 saturated carbocycles. The van der Waals surface area contributed by atoms with E-state index in [1.165, 1.54) is 0 Å². The van der Waals surface area contributed by atoms with Crippen LogP contribution in [0.1, 0.15) is 18.4 Å². The number of nitriles is 1. The van der Waals surface area contributed by atoms with Gasteiger partial charge in [0.15, 0.2) is 0 Å². The van der Waals surface area contributed by atoms with Crippen molar-refractivity contribution in [3.63, 3.8) is 0 Å². The van der Waals surface area contributed by atoms with Crippen LogP contribution in [0.4, 0.5) is 5.69 Å². The molecule has 0 aliphatic carbocycles. The molecule has 1 unspecified atom stereocenters. The molecular weight excluding hydrogens is 220 g/mol. The number of carbonyl (C=O) groups is 1. The maximum Gasteiger partial charge on any atom is 0.303 e. The van der Waals surface area contributed by atoms with E-state index in [4.69, 9.17) is 10.4 Å². The highest BCUT2D eigenvalue weighted by molar-refractivity contribution is 5.66. The minimum absolute atomic E-state index is 0.0545. The second kappa shape index (κ2) is 6.51. The topological polar surface area (TPSA) is 93.4 Å². The summed E-state index contributed by atoms with van der Waals surface area (Å²) in [7, 11) is 0. The fourth-order valence-corrected chi connectivity index (χ4v) is 1.33. The first kappa shape index (κ1) is 13.0. The molecule has 1 atom stereocenters. The number of anilines is 1. The Bertz CT molecular complexity index is 426. The summed E-state index contributed by atoms with van der Waals surface area (Å²) in [5.41, 5.74) is 1.27. The van der Waals surface area contributed by atoms with Crippen molar-refractivity contribution in [2.75, 3.05) is 11.9 Å². The molecule has 5 nitrogen and oxygen atoms in total. The van der Waals surface area contributed by atoms with Gasteiger partial charge in [0.1, 0.15) is 0 Å². The van der Waals surface area contributed by atoms with Crippen molar-refractivity contribution < 1.29 is 15.0 Å². The van der Waals surface area contributed by atoms with Gasteiger partial charge in [0, 0.05) is 18.7 Å². The number of aliphatic hydroxyl groups is 1. The van der Waals surface area contributed by atoms with Gasteiger partial charge in [-0.15, -0.1) is 0 Å². The van der Waals surface area contributed by atoms with Crippen molar-refractivity contribution in [3.05, 3.63) is 29.8 Å². The number of benzene rings is 1. The van der Waals surface area contributed by atoms with Crippen LogP contribution in [-0.4, -0.2) is 28.8 Å². The van der Waals surface area contributed by atoms with Crippen molar-refractivity contribution in [1.29, 1.82) is 5.26 Å². The molecule has 0 fully saturated rings. The summed E-state index contributed by atoms with van der Waals surface area (Å²) in [6, 6.07) is 8.90. The van der Waals surface area contributed by atoms with Gasteiger partial charge in [-0.3, -0.25) is 4.79 Å². The lowest BCUT2D eigenvalue weighted by Gasteiger charge is -2.11. The van der Waals surface area contributed by atoms with E-state index < -0.39 is 12.1 Å². The third-order valence-corrected chi connectivity index (χ3v) is 2.22. The van der Waals surface area contributed by atoms with Crippen LogP contribution in [0.15, 0.2) is 24.3 Å². The molecule has 5 heteroatoms. The predicted octanol–water partition coefficient (Wildman–Crippen LogP) is 1.20. The number of rotatable bonds is 6. The number of nitrogens with zero attached hydrogens (tertiary/aromatic N) is 1. The van der Waals surface area contributed by atoms with Gasteiger partial charge in [-0.2, -0.15) is 5.26 Å². The number of aliphatic hydroxyl groups excluding tert-OH is 1. The second-order valence-electron chi connectivity index (χ2n) is 3.66. The van der Waals surface area contributed by atoms with Crippen LogP contribution in [0.2, 0.25) is 0 Å². The van der Waals surface area contributed by atoms with Crippen LogP contribution in [0.5, 0.6) is 0 Å². The molecule has 0 aromatic heterocycles. The van der Waals surface area contributed by atoms with Crippen molar-refractivity contribution in [2.45, 2.75) is 18.9 Å². The maximum atomic E-state index is 10.3. The molecule has 0 bridgehead atoms. The fraction of sp³-hybridized carbons (Fsp3) is 0.333. The Morgan fingerprint density at radius 1 is 1.53 bits per heavy atom. The summed E-state index contributed by atoms with van der Waals surface area (Å²) < 4.78 is 0. The highest BCUT2D eigenvalue weighted by atomic mass is 16.4. The Hall–Kier alpha value is -2.06. The number of carboxylic acids is 1. The van der Waals surface area contributed by atoms with Gasteiger partial charge in [0.05, 0.1) is 17.7 Å². The fourth-order valence-electron chi connectivity index (χ4n) is 1.33. The van der Waals surface area contributed by atoms with Crippen molar-refractivity contribution >= 4 is 11.7 Å². The molecule has 17 heavy (non-hydrogen) atoms. The molecule has 90 valence electrons. The first-order valence-electron chi connectivity index (χ1n) is 5.25. The Morgan fingerprint density at radius 2 is 2.29 bits per heavy atom. The lowest BCUT2D eigenvalue weighted by atomic mass is 10.2. The maximum absolute atomic E-state index is 10.3. The van der Waals surface area contributed by atoms with E-state index >= 15 is 0 Å². The average molecular weight is 234 g/mol. The SMILES string of the molecule is N#Cc1cccc(NCC(O)CCC(=O)O)c1. The van der Waals surface area contributed by atoms with E-state index in [1.807, 2.05) is 6.07 Å². The lowest BCUT2D eigenvalue weighted by Crippen LogP contribution is -2.20. The summed E-state index contributed by atoms with van der Waals surface area (Å²) in [6.45, 7) is 0.266. The van der Waals surface area contributed by atoms with E-state index in [1.54, 1.807) is 24.3 Å². The van der Waals surface area contributed by atoms with E-state index in [2.05, 4.69) is 5.32 Å². The van der Waals surface area contributed by atoms with Crippen LogP contribution >= 0.6 is 0 Å². The number of aliphatic carboxylic acids is 1. The molecule has 3 N–H and O–H groups in total. The molecule has 1 aromatic carbocycles. The van der Waals surface area contributed by atoms with Crippen molar-refractivity contribution in [1.82, 2.24) is 0 Å². The van der Waals surface area contributed by atoms with Gasteiger partial charge in [0.25, 0.3) is 0 Å². The highest BCUT2D eigenvalue weighted by Crippen LogP contribution is 2.10. The molecule has 0 heterocycles. The number of hydrogen-bond acceptors (Lipinski definition) is 4. The van der Waals surface area contributed by atoms with Crippen molar-refractivity contribution in [3.8, 4) is 6.07 Å². The Morgan fingerprint density at radius 3 is 2.94 bits per heavy atom. The molecule has 0 aliphatic heterocycles. The largest absolute Gasteiger partial charge is 0.481 e. The summed E-state index contributed by atoms with van der Waals surface area (Å²) >= 11 is 0. The zero-order chi connectivity index (χ0) is 12.7. The molecule has 0 amide bonds. The lowest BCUT2D eigenvalue weighted by molar-refractivity contribution is -0.137. The molecular formula is C12H14N2O3. The molecule has 1 aromatic rings. The first-order valence-corrected chi connectivity index (χ1v) is 5.25. The zero-order valence-corrected chi connectivity index (χ0v) is 9.26. The summed E-state index contributed by atoms with van der Waals surface area (Å²) in [5, 5.41) is 29.6. The van der Waals surface area contributed by atoms with Gasteiger partial charge in [0.2, 0.25) is 0 Å². The third-order valence-electron chi connectivity index (χ3n) is 2.22. The molecule has 0 aliphatic rings. The quantitative estimate of drug-likeness (QED) is 0.687. The van der Waals surface area contributed by atoms with E-state index in [0.717, 1.165) is 5.69 Å². The Labute approximate surface area is 99.3 Å². The van der Waals surface area contributed by atoms with Gasteiger partial charge in [-0.1, -0.05) is 6.07 Å². The summed E-state index contributed by atoms with van der Waals surface area (Å²) in [6.07, 6.45) is -0.557. The summed E-state index contributed by atoms with van der Waals surface area (Å²) in [4.78, 5) is 10.3. The first-order chi connectivity index (χ1) is 8.11. The van der Waals surface area contributed by atoms with E-state index in [-0.39, 0.29) is 19.4 Å². The molecule has 0 radical (unpaired) electrons. The predicted molar refractivity (Wildman–Crippen MR) is 62.5 cm³/mol. The number of carboxylic acid groups (broad SMARTS) is 1. The molecule has 0 saturated heterocycles. The number of hydrogen-bond donors (Lipinski definition) is 3.